The number of rotatable bonds is 7. The second-order valence-electron chi connectivity index (χ2n) is 11.8. The maximum atomic E-state index is 10.5. The number of nitrogens with zero attached hydrogens (tertiary/aromatic N) is 6. The number of ether oxygens (including phenoxy) is 1. The Morgan fingerprint density at radius 2 is 2.05 bits per heavy atom. The van der Waals surface area contributed by atoms with Crippen LogP contribution >= 0.6 is 0 Å². The van der Waals surface area contributed by atoms with Gasteiger partial charge >= 0.3 is 6.01 Å². The number of benzene rings is 1. The molecule has 2 aliphatic heterocycles. The number of hydrogen-bond donors (Lipinski definition) is 1. The lowest BCUT2D eigenvalue weighted by Gasteiger charge is -2.44. The van der Waals surface area contributed by atoms with Crippen LogP contribution in [0.2, 0.25) is 0 Å². The van der Waals surface area contributed by atoms with E-state index in [2.05, 4.69) is 53.8 Å². The van der Waals surface area contributed by atoms with Gasteiger partial charge in [-0.25, -0.2) is 0 Å². The minimum absolute atomic E-state index is 0.101. The molecular formula is C31H40N6O2. The van der Waals surface area contributed by atoms with Crippen molar-refractivity contribution in [1.82, 2.24) is 19.8 Å². The third kappa shape index (κ3) is 4.93. The van der Waals surface area contributed by atoms with Crippen LogP contribution in [0.15, 0.2) is 36.9 Å². The Morgan fingerprint density at radius 3 is 2.85 bits per heavy atom. The molecule has 2 aromatic rings. The molecule has 8 heteroatoms. The van der Waals surface area contributed by atoms with Crippen LogP contribution in [0.3, 0.4) is 0 Å². The third-order valence-corrected chi connectivity index (χ3v) is 9.65. The smallest absolute Gasteiger partial charge is 0.318 e. The minimum atomic E-state index is -0.755. The maximum absolute atomic E-state index is 10.5. The van der Waals surface area contributed by atoms with Crippen molar-refractivity contribution in [2.75, 3.05) is 44.7 Å². The molecule has 2 saturated heterocycles. The number of anilines is 1. The fourth-order valence-electron chi connectivity index (χ4n) is 7.40. The van der Waals surface area contributed by atoms with E-state index in [-0.39, 0.29) is 11.5 Å². The highest BCUT2D eigenvalue weighted by molar-refractivity contribution is 5.54. The topological polar surface area (TPSA) is 88.8 Å². The Morgan fingerprint density at radius 1 is 1.21 bits per heavy atom. The van der Waals surface area contributed by atoms with E-state index in [0.717, 1.165) is 63.1 Å². The molecule has 0 saturated carbocycles. The number of nitriles is 1. The number of aliphatic hydroxyl groups is 1. The summed E-state index contributed by atoms with van der Waals surface area (Å²) in [4.78, 5) is 16.7. The van der Waals surface area contributed by atoms with Crippen molar-refractivity contribution in [2.45, 2.75) is 75.1 Å². The summed E-state index contributed by atoms with van der Waals surface area (Å²) < 4.78 is 6.32. The predicted octanol–water partition coefficient (Wildman–Crippen LogP) is 3.23. The molecule has 6 rings (SSSR count). The van der Waals surface area contributed by atoms with Crippen LogP contribution < -0.4 is 9.64 Å². The maximum Gasteiger partial charge on any atom is 0.318 e. The Bertz CT molecular complexity index is 1260. The third-order valence-electron chi connectivity index (χ3n) is 9.65. The lowest BCUT2D eigenvalue weighted by atomic mass is 9.69. The van der Waals surface area contributed by atoms with Crippen molar-refractivity contribution in [3.05, 3.63) is 59.3 Å². The number of hydrogen-bond acceptors (Lipinski definition) is 8. The van der Waals surface area contributed by atoms with Gasteiger partial charge in [-0.2, -0.15) is 15.2 Å². The molecule has 4 atom stereocenters. The van der Waals surface area contributed by atoms with Crippen LogP contribution in [-0.4, -0.2) is 83.0 Å². The molecule has 206 valence electrons. The molecule has 1 spiro atoms. The lowest BCUT2D eigenvalue weighted by Crippen LogP contribution is -2.56. The summed E-state index contributed by atoms with van der Waals surface area (Å²) in [5.41, 5.74) is 5.44. The summed E-state index contributed by atoms with van der Waals surface area (Å²) in [6.07, 6.45) is 8.69. The average Bonchev–Trinajstić information content (AvgIpc) is 3.54. The molecule has 1 aromatic carbocycles. The molecule has 1 unspecified atom stereocenters. The van der Waals surface area contributed by atoms with Gasteiger partial charge in [0.05, 0.1) is 18.2 Å². The van der Waals surface area contributed by atoms with Crippen LogP contribution in [0.25, 0.3) is 0 Å². The standard InChI is InChI=1S/C31H40N6O2/c1-3-28(38)37-18-17-36(20-23(37)12-15-32)29-25-11-14-31(13-10-22-7-4-5-9-26(22)31)19-27(25)33-30(34-29)39-21-24-8-6-16-35(24)2/h3-5,7,9,23-24,28,38H,1,6,8,10-14,16-21H2,2H3/t23-,24-,28?,31-/m0/s1. The SMILES string of the molecule is C=CC(O)N1CCN(c2nc(OC[C@@H]3CCCN3C)nc3c2CC[C@@]2(CCc4ccccc42)C3)C[C@@H]1CC#N. The molecule has 1 aromatic heterocycles. The first-order valence-electron chi connectivity index (χ1n) is 14.5. The number of likely N-dealkylation sites (tertiary alicyclic amines) is 1. The molecule has 4 aliphatic rings. The van der Waals surface area contributed by atoms with Crippen LogP contribution in [0.5, 0.6) is 6.01 Å². The van der Waals surface area contributed by atoms with Crippen molar-refractivity contribution >= 4 is 5.82 Å². The van der Waals surface area contributed by atoms with Crippen molar-refractivity contribution in [3.8, 4) is 12.1 Å². The van der Waals surface area contributed by atoms with Gasteiger partial charge in [-0.1, -0.05) is 30.8 Å². The molecule has 1 N–H and O–H groups in total. The highest BCUT2D eigenvalue weighted by atomic mass is 16.5. The average molecular weight is 529 g/mol. The van der Waals surface area contributed by atoms with Crippen molar-refractivity contribution in [2.24, 2.45) is 0 Å². The fraction of sp³-hybridized carbons (Fsp3) is 0.581. The zero-order valence-corrected chi connectivity index (χ0v) is 23.1. The van der Waals surface area contributed by atoms with E-state index in [0.29, 0.717) is 38.2 Å². The Kier molecular flexibility index (Phi) is 7.32. The minimum Gasteiger partial charge on any atom is -0.462 e. The lowest BCUT2D eigenvalue weighted by molar-refractivity contribution is 0.00430. The number of fused-ring (bicyclic) bond motifs is 3. The zero-order chi connectivity index (χ0) is 27.0. The van der Waals surface area contributed by atoms with Gasteiger partial charge in [-0.05, 0) is 75.7 Å². The number of aromatic nitrogens is 2. The van der Waals surface area contributed by atoms with Crippen LogP contribution in [0.1, 0.15) is 54.5 Å². The van der Waals surface area contributed by atoms with Gasteiger partial charge in [0.25, 0.3) is 0 Å². The predicted molar refractivity (Wildman–Crippen MR) is 151 cm³/mol. The molecule has 3 heterocycles. The van der Waals surface area contributed by atoms with E-state index in [1.54, 1.807) is 0 Å². The number of aryl methyl sites for hydroxylation is 1. The normalized spacial score (nSPS) is 27.7. The van der Waals surface area contributed by atoms with Crippen molar-refractivity contribution in [1.29, 1.82) is 5.26 Å². The van der Waals surface area contributed by atoms with Gasteiger partial charge in [0.1, 0.15) is 18.7 Å². The van der Waals surface area contributed by atoms with Gasteiger partial charge in [-0.15, -0.1) is 0 Å². The zero-order valence-electron chi connectivity index (χ0n) is 23.1. The molecule has 39 heavy (non-hydrogen) atoms. The Labute approximate surface area is 231 Å². The van der Waals surface area contributed by atoms with Gasteiger partial charge in [0, 0.05) is 42.7 Å². The molecule has 0 bridgehead atoms. The van der Waals surface area contributed by atoms with Gasteiger partial charge in [-0.3, -0.25) is 4.90 Å². The van der Waals surface area contributed by atoms with E-state index in [1.165, 1.54) is 29.2 Å². The van der Waals surface area contributed by atoms with E-state index in [4.69, 9.17) is 14.7 Å². The first-order chi connectivity index (χ1) is 19.0. The van der Waals surface area contributed by atoms with Crippen LogP contribution in [-0.2, 0) is 24.7 Å². The monoisotopic (exact) mass is 528 g/mol. The summed E-state index contributed by atoms with van der Waals surface area (Å²) in [5, 5.41) is 20.0. The number of likely N-dealkylation sites (N-methyl/N-ethyl adjacent to an activating group) is 1. The number of aliphatic hydroxyl groups excluding tert-OH is 1. The van der Waals surface area contributed by atoms with Crippen LogP contribution in [0, 0.1) is 11.3 Å². The van der Waals surface area contributed by atoms with E-state index >= 15 is 0 Å². The van der Waals surface area contributed by atoms with Crippen molar-refractivity contribution in [3.63, 3.8) is 0 Å². The summed E-state index contributed by atoms with van der Waals surface area (Å²) in [7, 11) is 2.16. The first kappa shape index (κ1) is 26.2. The molecule has 0 amide bonds. The summed E-state index contributed by atoms with van der Waals surface area (Å²) in [6, 6.07) is 12.0. The molecule has 2 fully saturated rings. The van der Waals surface area contributed by atoms with Crippen LogP contribution in [0.4, 0.5) is 5.82 Å². The van der Waals surface area contributed by atoms with Crippen molar-refractivity contribution < 1.29 is 9.84 Å². The molecule has 8 nitrogen and oxygen atoms in total. The first-order valence-corrected chi connectivity index (χ1v) is 14.5. The van der Waals surface area contributed by atoms with Gasteiger partial charge in [0.15, 0.2) is 0 Å². The molecule has 0 radical (unpaired) electrons. The van der Waals surface area contributed by atoms with Gasteiger partial charge < -0.3 is 19.6 Å². The number of piperazine rings is 1. The van der Waals surface area contributed by atoms with E-state index < -0.39 is 6.23 Å². The van der Waals surface area contributed by atoms with Gasteiger partial charge in [0.2, 0.25) is 0 Å². The Hall–Kier alpha value is -2.99. The molecular weight excluding hydrogens is 488 g/mol. The summed E-state index contributed by atoms with van der Waals surface area (Å²) in [5.74, 6) is 0.951. The van der Waals surface area contributed by atoms with E-state index in [9.17, 15) is 10.4 Å². The molecule has 2 aliphatic carbocycles. The second kappa shape index (κ2) is 10.9. The highest BCUT2D eigenvalue weighted by Gasteiger charge is 2.43. The summed E-state index contributed by atoms with van der Waals surface area (Å²) >= 11 is 0. The largest absolute Gasteiger partial charge is 0.462 e. The Balaban J connectivity index is 1.33. The fourth-order valence-corrected chi connectivity index (χ4v) is 7.40. The van der Waals surface area contributed by atoms with E-state index in [1.807, 2.05) is 4.90 Å². The quantitative estimate of drug-likeness (QED) is 0.548. The highest BCUT2D eigenvalue weighted by Crippen LogP contribution is 2.48. The second-order valence-corrected chi connectivity index (χ2v) is 11.8. The summed E-state index contributed by atoms with van der Waals surface area (Å²) in [6.45, 7) is 7.44.